The van der Waals surface area contributed by atoms with Crippen molar-refractivity contribution in [3.8, 4) is 5.75 Å². The summed E-state index contributed by atoms with van der Waals surface area (Å²) in [5.41, 5.74) is 0.735. The highest BCUT2D eigenvalue weighted by molar-refractivity contribution is 9.11. The highest BCUT2D eigenvalue weighted by Crippen LogP contribution is 2.38. The van der Waals surface area contributed by atoms with Crippen molar-refractivity contribution in [2.45, 2.75) is 13.0 Å². The van der Waals surface area contributed by atoms with Gasteiger partial charge in [-0.3, -0.25) is 0 Å². The predicted octanol–water partition coefficient (Wildman–Crippen LogP) is 4.96. The van der Waals surface area contributed by atoms with Crippen molar-refractivity contribution in [2.75, 3.05) is 13.1 Å². The number of hydrogen-bond donors (Lipinski definition) is 1. The van der Waals surface area contributed by atoms with Crippen molar-refractivity contribution in [1.29, 1.82) is 0 Å². The predicted molar refractivity (Wildman–Crippen MR) is 95.3 cm³/mol. The summed E-state index contributed by atoms with van der Waals surface area (Å²) in [7, 11) is 0. The number of ether oxygens (including phenoxy) is 1. The molecule has 6 heteroatoms. The van der Waals surface area contributed by atoms with Gasteiger partial charge in [0.25, 0.3) is 0 Å². The fourth-order valence-electron chi connectivity index (χ4n) is 1.91. The van der Waals surface area contributed by atoms with Crippen LogP contribution in [0.5, 0.6) is 5.75 Å². The number of hydrogen-bond acceptors (Lipinski definition) is 3. The molecule has 112 valence electrons. The zero-order valence-corrected chi connectivity index (χ0v) is 15.4. The number of pyridine rings is 1. The summed E-state index contributed by atoms with van der Waals surface area (Å²) in [5.74, 6) is 0.698. The number of benzene rings is 1. The molecule has 1 aromatic heterocycles. The Labute approximate surface area is 146 Å². The van der Waals surface area contributed by atoms with Crippen molar-refractivity contribution in [2.24, 2.45) is 0 Å². The molecule has 1 heterocycles. The summed E-state index contributed by atoms with van der Waals surface area (Å²) in [6, 6.07) is 5.65. The van der Waals surface area contributed by atoms with E-state index in [0.29, 0.717) is 10.9 Å². The van der Waals surface area contributed by atoms with Gasteiger partial charge in [-0.05, 0) is 41.1 Å². The fourth-order valence-corrected chi connectivity index (χ4v) is 3.43. The van der Waals surface area contributed by atoms with Crippen molar-refractivity contribution < 1.29 is 4.74 Å². The molecule has 1 aromatic carbocycles. The summed E-state index contributed by atoms with van der Waals surface area (Å²) in [6.07, 6.45) is 1.81. The summed E-state index contributed by atoms with van der Waals surface area (Å²) in [6.45, 7) is 7.15. The molecule has 0 fully saturated rings. The van der Waals surface area contributed by atoms with Crippen LogP contribution in [0, 0.1) is 0 Å². The molecule has 21 heavy (non-hydrogen) atoms. The molecule has 1 N–H and O–H groups in total. The second-order valence-corrected chi connectivity index (χ2v) is 6.67. The molecule has 1 atom stereocenters. The summed E-state index contributed by atoms with van der Waals surface area (Å²) in [4.78, 5) is 4.39. The fraction of sp³-hybridized carbons (Fsp3) is 0.267. The van der Waals surface area contributed by atoms with Gasteiger partial charge in [0.2, 0.25) is 0 Å². The van der Waals surface area contributed by atoms with Crippen LogP contribution >= 0.6 is 43.5 Å². The molecule has 2 rings (SSSR count). The molecular weight excluding hydrogens is 419 g/mol. The van der Waals surface area contributed by atoms with Crippen LogP contribution in [0.3, 0.4) is 0 Å². The van der Waals surface area contributed by atoms with Crippen molar-refractivity contribution in [1.82, 2.24) is 10.3 Å². The quantitative estimate of drug-likeness (QED) is 0.397. The molecule has 1 unspecified atom stereocenters. The Hall–Kier alpha value is -0.620. The van der Waals surface area contributed by atoms with Crippen LogP contribution in [-0.4, -0.2) is 24.2 Å². The van der Waals surface area contributed by atoms with Crippen LogP contribution < -0.4 is 10.1 Å². The zero-order valence-electron chi connectivity index (χ0n) is 11.5. The first-order valence-corrected chi connectivity index (χ1v) is 8.42. The number of rotatable bonds is 6. The minimum atomic E-state index is -0.00796. The van der Waals surface area contributed by atoms with E-state index < -0.39 is 0 Å². The first kappa shape index (κ1) is 16.7. The lowest BCUT2D eigenvalue weighted by Crippen LogP contribution is -2.29. The lowest BCUT2D eigenvalue weighted by Gasteiger charge is -2.18. The maximum absolute atomic E-state index is 6.03. The van der Waals surface area contributed by atoms with Crippen LogP contribution in [0.2, 0.25) is 5.15 Å². The molecule has 0 aliphatic carbocycles. The molecule has 0 saturated carbocycles. The summed E-state index contributed by atoms with van der Waals surface area (Å²) >= 11 is 13.1. The van der Waals surface area contributed by atoms with Crippen molar-refractivity contribution >= 4 is 54.4 Å². The first-order valence-electron chi connectivity index (χ1n) is 6.45. The van der Waals surface area contributed by atoms with Crippen LogP contribution in [0.1, 0.15) is 6.92 Å². The molecule has 0 saturated heterocycles. The lowest BCUT2D eigenvalue weighted by molar-refractivity contribution is 0.220. The molecule has 0 radical (unpaired) electrons. The Morgan fingerprint density at radius 1 is 1.43 bits per heavy atom. The van der Waals surface area contributed by atoms with Crippen LogP contribution in [0.25, 0.3) is 10.9 Å². The maximum Gasteiger partial charge on any atom is 0.160 e. The summed E-state index contributed by atoms with van der Waals surface area (Å²) in [5, 5.41) is 4.63. The number of nitrogens with one attached hydrogen (secondary N) is 1. The summed E-state index contributed by atoms with van der Waals surface area (Å²) < 4.78 is 7.81. The minimum Gasteiger partial charge on any atom is -0.486 e. The Morgan fingerprint density at radius 2 is 2.19 bits per heavy atom. The largest absolute Gasteiger partial charge is 0.486 e. The number of aromatic nitrogens is 1. The standard InChI is InChI=1S/C15H15Br2ClN2O/c1-3-6-19-8-9(2)21-15-12(17)7-11(16)10-4-5-13(18)20-14(10)15/h3-5,7,9,19H,1,6,8H2,2H3. The number of halogens is 3. The van der Waals surface area contributed by atoms with Gasteiger partial charge in [0.1, 0.15) is 16.8 Å². The van der Waals surface area contributed by atoms with Gasteiger partial charge >= 0.3 is 0 Å². The second-order valence-electron chi connectivity index (χ2n) is 4.57. The zero-order chi connectivity index (χ0) is 15.4. The average molecular weight is 435 g/mol. The van der Waals surface area contributed by atoms with Crippen LogP contribution in [0.15, 0.2) is 39.8 Å². The highest BCUT2D eigenvalue weighted by atomic mass is 79.9. The van der Waals surface area contributed by atoms with Crippen LogP contribution in [0.4, 0.5) is 0 Å². The van der Waals surface area contributed by atoms with Gasteiger partial charge in [0.15, 0.2) is 5.75 Å². The maximum atomic E-state index is 6.03. The van der Waals surface area contributed by atoms with Gasteiger partial charge in [-0.25, -0.2) is 4.98 Å². The smallest absolute Gasteiger partial charge is 0.160 e. The van der Waals surface area contributed by atoms with E-state index in [1.807, 2.05) is 25.1 Å². The van der Waals surface area contributed by atoms with E-state index in [9.17, 15) is 0 Å². The van der Waals surface area contributed by atoms with E-state index >= 15 is 0 Å². The van der Waals surface area contributed by atoms with Gasteiger partial charge in [0, 0.05) is 22.9 Å². The van der Waals surface area contributed by atoms with Gasteiger partial charge in [-0.15, -0.1) is 6.58 Å². The van der Waals surface area contributed by atoms with E-state index in [2.05, 4.69) is 48.7 Å². The Morgan fingerprint density at radius 3 is 2.90 bits per heavy atom. The topological polar surface area (TPSA) is 34.1 Å². The lowest BCUT2D eigenvalue weighted by atomic mass is 10.2. The SMILES string of the molecule is C=CCNCC(C)Oc1c(Br)cc(Br)c2ccc(Cl)nc12. The van der Waals surface area contributed by atoms with Crippen molar-refractivity contribution in [3.63, 3.8) is 0 Å². The van der Waals surface area contributed by atoms with Gasteiger partial charge in [-0.2, -0.15) is 0 Å². The van der Waals surface area contributed by atoms with Gasteiger partial charge < -0.3 is 10.1 Å². The highest BCUT2D eigenvalue weighted by Gasteiger charge is 2.15. The van der Waals surface area contributed by atoms with E-state index in [1.165, 1.54) is 0 Å². The number of fused-ring (bicyclic) bond motifs is 1. The minimum absolute atomic E-state index is 0.00796. The molecule has 3 nitrogen and oxygen atoms in total. The third-order valence-corrected chi connectivity index (χ3v) is 4.30. The molecule has 0 aliphatic heterocycles. The Kier molecular flexibility index (Phi) is 6.05. The van der Waals surface area contributed by atoms with Gasteiger partial charge in [-0.1, -0.05) is 33.6 Å². The van der Waals surface area contributed by atoms with E-state index in [-0.39, 0.29) is 6.10 Å². The normalized spacial score (nSPS) is 12.4. The molecule has 0 bridgehead atoms. The monoisotopic (exact) mass is 432 g/mol. The molecule has 0 aliphatic rings. The molecule has 0 amide bonds. The third-order valence-electron chi connectivity index (χ3n) is 2.84. The molecule has 2 aromatic rings. The van der Waals surface area contributed by atoms with Crippen LogP contribution in [-0.2, 0) is 0 Å². The first-order chi connectivity index (χ1) is 10.0. The van der Waals surface area contributed by atoms with Crippen molar-refractivity contribution in [3.05, 3.63) is 45.0 Å². The van der Waals surface area contributed by atoms with E-state index in [4.69, 9.17) is 16.3 Å². The van der Waals surface area contributed by atoms with E-state index in [0.717, 1.165) is 32.9 Å². The number of nitrogens with zero attached hydrogens (tertiary/aromatic N) is 1. The Bertz CT molecular complexity index is 664. The van der Waals surface area contributed by atoms with E-state index in [1.54, 1.807) is 6.07 Å². The third kappa shape index (κ3) is 4.19. The molecular formula is C15H15Br2ClN2O. The van der Waals surface area contributed by atoms with Gasteiger partial charge in [0.05, 0.1) is 4.47 Å². The average Bonchev–Trinajstić information content (AvgIpc) is 2.43. The second kappa shape index (κ2) is 7.58. The molecule has 0 spiro atoms. The Balaban J connectivity index is 2.34.